The molecular formula is C23H25N3O3. The van der Waals surface area contributed by atoms with Crippen molar-refractivity contribution in [2.45, 2.75) is 31.3 Å². The number of hydrogen-bond donors (Lipinski definition) is 5. The Bertz CT molecular complexity index is 1040. The number of fused-ring (bicyclic) bond motifs is 2. The molecule has 0 saturated heterocycles. The third kappa shape index (κ3) is 4.24. The van der Waals surface area contributed by atoms with Crippen LogP contribution in [0.15, 0.2) is 54.7 Å². The Balaban J connectivity index is 1.46. The van der Waals surface area contributed by atoms with E-state index >= 15 is 0 Å². The van der Waals surface area contributed by atoms with E-state index in [1.54, 1.807) is 11.6 Å². The first kappa shape index (κ1) is 19.4. The molecule has 1 aliphatic carbocycles. The number of aliphatic hydroxyl groups is 1. The van der Waals surface area contributed by atoms with Gasteiger partial charge in [0.05, 0.1) is 6.61 Å². The molecular weight excluding hydrogens is 366 g/mol. The third-order valence-corrected chi connectivity index (χ3v) is 5.58. The molecule has 29 heavy (non-hydrogen) atoms. The standard InChI is InChI=1S/C23H25N3O3/c27-14-18(12-17-13-24-21-4-2-1-3-19(17)21)25-22-9-7-16-11-15(5-8-20(16)22)6-10-23(28)26-29/h1-6,8,10-11,13,18,22,24-25,27,29H,7,9,12,14H2,(H,26,28)/t18-,22?/m0/s1. The van der Waals surface area contributed by atoms with Crippen LogP contribution in [0.2, 0.25) is 0 Å². The van der Waals surface area contributed by atoms with E-state index in [0.717, 1.165) is 30.3 Å². The monoisotopic (exact) mass is 391 g/mol. The highest BCUT2D eigenvalue weighted by Crippen LogP contribution is 2.33. The van der Waals surface area contributed by atoms with Crippen molar-refractivity contribution in [2.24, 2.45) is 0 Å². The van der Waals surface area contributed by atoms with Gasteiger partial charge in [-0.1, -0.05) is 36.4 Å². The summed E-state index contributed by atoms with van der Waals surface area (Å²) < 4.78 is 0. The molecule has 0 aliphatic heterocycles. The van der Waals surface area contributed by atoms with E-state index in [4.69, 9.17) is 5.21 Å². The van der Waals surface area contributed by atoms with Crippen molar-refractivity contribution in [3.05, 3.63) is 77.0 Å². The lowest BCUT2D eigenvalue weighted by Crippen LogP contribution is -2.36. The van der Waals surface area contributed by atoms with Crippen LogP contribution in [0, 0.1) is 0 Å². The molecule has 2 aromatic carbocycles. The van der Waals surface area contributed by atoms with E-state index in [9.17, 15) is 9.90 Å². The number of para-hydroxylation sites is 1. The molecule has 4 rings (SSSR count). The highest BCUT2D eigenvalue weighted by molar-refractivity contribution is 5.90. The number of aromatic amines is 1. The topological polar surface area (TPSA) is 97.4 Å². The van der Waals surface area contributed by atoms with Gasteiger partial charge >= 0.3 is 0 Å². The van der Waals surface area contributed by atoms with E-state index in [1.807, 2.05) is 24.4 Å². The third-order valence-electron chi connectivity index (χ3n) is 5.58. The number of aromatic nitrogens is 1. The minimum atomic E-state index is -0.548. The van der Waals surface area contributed by atoms with Crippen LogP contribution in [0.25, 0.3) is 17.0 Å². The van der Waals surface area contributed by atoms with Gasteiger partial charge in [0.25, 0.3) is 5.91 Å². The first-order valence-corrected chi connectivity index (χ1v) is 9.85. The first-order valence-electron chi connectivity index (χ1n) is 9.85. The molecule has 150 valence electrons. The van der Waals surface area contributed by atoms with Gasteiger partial charge in [-0.3, -0.25) is 10.0 Å². The van der Waals surface area contributed by atoms with E-state index in [1.165, 1.54) is 28.2 Å². The van der Waals surface area contributed by atoms with Gasteiger partial charge in [-0.2, -0.15) is 0 Å². The summed E-state index contributed by atoms with van der Waals surface area (Å²) in [7, 11) is 0. The van der Waals surface area contributed by atoms with Gasteiger partial charge in [-0.15, -0.1) is 0 Å². The fourth-order valence-electron chi connectivity index (χ4n) is 4.15. The minimum absolute atomic E-state index is 0.0296. The zero-order valence-corrected chi connectivity index (χ0v) is 16.1. The summed E-state index contributed by atoms with van der Waals surface area (Å²) in [5.41, 5.74) is 7.32. The van der Waals surface area contributed by atoms with Crippen LogP contribution in [0.4, 0.5) is 0 Å². The van der Waals surface area contributed by atoms with Crippen molar-refractivity contribution in [3.8, 4) is 0 Å². The molecule has 1 aromatic heterocycles. The van der Waals surface area contributed by atoms with Crippen molar-refractivity contribution in [2.75, 3.05) is 6.61 Å². The number of benzene rings is 2. The predicted octanol–water partition coefficient (Wildman–Crippen LogP) is 2.87. The van der Waals surface area contributed by atoms with Crippen LogP contribution in [-0.2, 0) is 17.6 Å². The maximum atomic E-state index is 11.2. The van der Waals surface area contributed by atoms with Crippen LogP contribution in [0.5, 0.6) is 0 Å². The van der Waals surface area contributed by atoms with E-state index in [0.29, 0.717) is 0 Å². The van der Waals surface area contributed by atoms with Crippen LogP contribution >= 0.6 is 0 Å². The molecule has 6 heteroatoms. The maximum absolute atomic E-state index is 11.2. The quantitative estimate of drug-likeness (QED) is 0.243. The summed E-state index contributed by atoms with van der Waals surface area (Å²) >= 11 is 0. The molecule has 1 amide bonds. The Morgan fingerprint density at radius 3 is 2.97 bits per heavy atom. The molecule has 0 spiro atoms. The first-order chi connectivity index (χ1) is 14.2. The van der Waals surface area contributed by atoms with Gasteiger partial charge < -0.3 is 15.4 Å². The number of carbonyl (C=O) groups is 1. The van der Waals surface area contributed by atoms with Crippen LogP contribution < -0.4 is 10.8 Å². The molecule has 1 heterocycles. The average molecular weight is 391 g/mol. The van der Waals surface area contributed by atoms with Gasteiger partial charge in [0.2, 0.25) is 0 Å². The number of hydroxylamine groups is 1. The fraction of sp³-hybridized carbons (Fsp3) is 0.261. The molecule has 1 unspecified atom stereocenters. The molecule has 1 aliphatic rings. The molecule has 5 N–H and O–H groups in total. The number of rotatable bonds is 7. The molecule has 0 radical (unpaired) electrons. The van der Waals surface area contributed by atoms with Gasteiger partial charge in [0.1, 0.15) is 0 Å². The second-order valence-electron chi connectivity index (χ2n) is 7.47. The van der Waals surface area contributed by atoms with Crippen molar-refractivity contribution < 1.29 is 15.1 Å². The maximum Gasteiger partial charge on any atom is 0.267 e. The molecule has 6 nitrogen and oxygen atoms in total. The van der Waals surface area contributed by atoms with Gasteiger partial charge in [-0.25, -0.2) is 5.48 Å². The molecule has 0 bridgehead atoms. The summed E-state index contributed by atoms with van der Waals surface area (Å²) in [4.78, 5) is 14.5. The number of nitrogens with one attached hydrogen (secondary N) is 3. The summed E-state index contributed by atoms with van der Waals surface area (Å²) in [6, 6.07) is 14.5. The molecule has 2 atom stereocenters. The van der Waals surface area contributed by atoms with Crippen molar-refractivity contribution >= 4 is 22.9 Å². The smallest absolute Gasteiger partial charge is 0.267 e. The molecule has 0 saturated carbocycles. The van der Waals surface area contributed by atoms with Crippen LogP contribution in [-0.4, -0.2) is 33.9 Å². The van der Waals surface area contributed by atoms with Gasteiger partial charge in [-0.05, 0) is 53.7 Å². The number of aliphatic hydroxyl groups excluding tert-OH is 1. The summed E-state index contributed by atoms with van der Waals surface area (Å²) in [5, 5.41) is 23.4. The number of H-pyrrole nitrogens is 1. The number of aryl methyl sites for hydroxylation is 1. The Hall–Kier alpha value is -2.93. The average Bonchev–Trinajstić information content (AvgIpc) is 3.35. The summed E-state index contributed by atoms with van der Waals surface area (Å²) in [6.45, 7) is 0.0719. The lowest BCUT2D eigenvalue weighted by Gasteiger charge is -2.22. The van der Waals surface area contributed by atoms with Gasteiger partial charge in [0.15, 0.2) is 0 Å². The van der Waals surface area contributed by atoms with E-state index < -0.39 is 5.91 Å². The highest BCUT2D eigenvalue weighted by Gasteiger charge is 2.25. The Morgan fingerprint density at radius 1 is 1.28 bits per heavy atom. The number of amides is 1. The second kappa shape index (κ2) is 8.61. The predicted molar refractivity (Wildman–Crippen MR) is 112 cm³/mol. The lowest BCUT2D eigenvalue weighted by molar-refractivity contribution is -0.124. The van der Waals surface area contributed by atoms with E-state index in [-0.39, 0.29) is 18.7 Å². The SMILES string of the molecule is O=C(C=Cc1ccc2c(c1)CCC2N[C@H](CO)Cc1c[nH]c2ccccc12)NO. The van der Waals surface area contributed by atoms with Crippen LogP contribution in [0.1, 0.15) is 34.7 Å². The minimum Gasteiger partial charge on any atom is -0.395 e. The van der Waals surface area contributed by atoms with Crippen molar-refractivity contribution in [1.29, 1.82) is 0 Å². The highest BCUT2D eigenvalue weighted by atomic mass is 16.5. The lowest BCUT2D eigenvalue weighted by atomic mass is 10.0. The number of carbonyl (C=O) groups excluding carboxylic acids is 1. The summed E-state index contributed by atoms with van der Waals surface area (Å²) in [5.74, 6) is -0.548. The molecule has 0 fully saturated rings. The Labute approximate surface area is 169 Å². The normalized spacial score (nSPS) is 17.0. The van der Waals surface area contributed by atoms with Crippen LogP contribution in [0.3, 0.4) is 0 Å². The van der Waals surface area contributed by atoms with E-state index in [2.05, 4.69) is 34.6 Å². The number of hydrogen-bond acceptors (Lipinski definition) is 4. The van der Waals surface area contributed by atoms with Crippen molar-refractivity contribution in [3.63, 3.8) is 0 Å². The summed E-state index contributed by atoms with van der Waals surface area (Å²) in [6.07, 6.45) is 7.69. The van der Waals surface area contributed by atoms with Crippen molar-refractivity contribution in [1.82, 2.24) is 15.8 Å². The zero-order chi connectivity index (χ0) is 20.2. The fourth-order valence-corrected chi connectivity index (χ4v) is 4.15. The Kier molecular flexibility index (Phi) is 5.76. The van der Waals surface area contributed by atoms with Gasteiger partial charge in [0, 0.05) is 35.3 Å². The zero-order valence-electron chi connectivity index (χ0n) is 16.1. The Morgan fingerprint density at radius 2 is 2.14 bits per heavy atom. The second-order valence-corrected chi connectivity index (χ2v) is 7.47. The largest absolute Gasteiger partial charge is 0.395 e. The molecule has 3 aromatic rings.